The number of carbonyl (C=O) groups excluding carboxylic acids is 1. The third-order valence-electron chi connectivity index (χ3n) is 5.27. The number of nitriles is 1. The van der Waals surface area contributed by atoms with Crippen molar-refractivity contribution in [2.75, 3.05) is 45.1 Å². The molecule has 2 heterocycles. The fourth-order valence-corrected chi connectivity index (χ4v) is 4.91. The molecule has 1 atom stereocenters. The Balaban J connectivity index is 1.66. The molecule has 3 rings (SSSR count). The molecule has 0 saturated carbocycles. The van der Waals surface area contributed by atoms with E-state index in [0.717, 1.165) is 56.4 Å². The van der Waals surface area contributed by atoms with Gasteiger partial charge in [-0.05, 0) is 37.8 Å². The zero-order chi connectivity index (χ0) is 17.1. The second kappa shape index (κ2) is 7.64. The molecular formula is C18H26N4OS. The highest BCUT2D eigenvalue weighted by atomic mass is 32.1. The van der Waals surface area contributed by atoms with Crippen molar-refractivity contribution in [2.24, 2.45) is 5.92 Å². The Morgan fingerprint density at radius 1 is 1.38 bits per heavy atom. The number of hydrogen-bond donors (Lipinski definition) is 1. The number of thiophene rings is 1. The van der Waals surface area contributed by atoms with E-state index in [4.69, 9.17) is 0 Å². The van der Waals surface area contributed by atoms with Gasteiger partial charge in [-0.25, -0.2) is 0 Å². The van der Waals surface area contributed by atoms with Gasteiger partial charge in [0.2, 0.25) is 5.91 Å². The molecule has 0 bridgehead atoms. The molecule has 1 N–H and O–H groups in total. The van der Waals surface area contributed by atoms with Gasteiger partial charge in [-0.3, -0.25) is 9.69 Å². The molecule has 0 spiro atoms. The number of piperazine rings is 1. The van der Waals surface area contributed by atoms with E-state index in [1.54, 1.807) is 11.3 Å². The highest BCUT2D eigenvalue weighted by molar-refractivity contribution is 7.16. The minimum atomic E-state index is 0.00157. The quantitative estimate of drug-likeness (QED) is 0.909. The lowest BCUT2D eigenvalue weighted by Crippen LogP contribution is -2.47. The molecule has 1 aliphatic carbocycles. The number of fused-ring (bicyclic) bond motifs is 1. The Labute approximate surface area is 148 Å². The van der Waals surface area contributed by atoms with Crippen LogP contribution >= 0.6 is 11.3 Å². The van der Waals surface area contributed by atoms with Crippen LogP contribution in [0.25, 0.3) is 0 Å². The average Bonchev–Trinajstić information content (AvgIpc) is 2.92. The first-order valence-corrected chi connectivity index (χ1v) is 9.67. The van der Waals surface area contributed by atoms with E-state index in [2.05, 4.69) is 35.2 Å². The molecule has 1 aliphatic heterocycles. The number of rotatable bonds is 4. The van der Waals surface area contributed by atoms with Gasteiger partial charge < -0.3 is 10.2 Å². The van der Waals surface area contributed by atoms with E-state index in [1.165, 1.54) is 16.9 Å². The molecule has 1 aromatic heterocycles. The number of carbonyl (C=O) groups is 1. The fourth-order valence-electron chi connectivity index (χ4n) is 3.58. The van der Waals surface area contributed by atoms with Crippen molar-refractivity contribution in [1.29, 1.82) is 5.26 Å². The maximum atomic E-state index is 12.4. The van der Waals surface area contributed by atoms with Crippen LogP contribution in [0.3, 0.4) is 0 Å². The van der Waals surface area contributed by atoms with Crippen molar-refractivity contribution in [1.82, 2.24) is 9.80 Å². The number of amides is 1. The Hall–Kier alpha value is -1.42. The van der Waals surface area contributed by atoms with E-state index >= 15 is 0 Å². The van der Waals surface area contributed by atoms with Gasteiger partial charge in [0.25, 0.3) is 0 Å². The predicted octanol–water partition coefficient (Wildman–Crippen LogP) is 2.32. The number of nitrogens with one attached hydrogen (secondary N) is 1. The molecule has 1 saturated heterocycles. The molecule has 1 fully saturated rings. The van der Waals surface area contributed by atoms with Gasteiger partial charge in [0.15, 0.2) is 0 Å². The summed E-state index contributed by atoms with van der Waals surface area (Å²) in [5.74, 6) is 0.721. The average molecular weight is 347 g/mol. The van der Waals surface area contributed by atoms with Crippen molar-refractivity contribution >= 4 is 22.2 Å². The molecule has 6 heteroatoms. The van der Waals surface area contributed by atoms with Gasteiger partial charge in [0, 0.05) is 31.1 Å². The second-order valence-corrected chi connectivity index (χ2v) is 8.07. The minimum Gasteiger partial charge on any atom is -0.315 e. The fraction of sp³-hybridized carbons (Fsp3) is 0.667. The van der Waals surface area contributed by atoms with Crippen molar-refractivity contribution in [3.05, 3.63) is 16.0 Å². The van der Waals surface area contributed by atoms with E-state index in [0.29, 0.717) is 12.1 Å². The van der Waals surface area contributed by atoms with Crippen LogP contribution in [-0.4, -0.2) is 55.5 Å². The van der Waals surface area contributed by atoms with Crippen molar-refractivity contribution < 1.29 is 4.79 Å². The second-order valence-electron chi connectivity index (χ2n) is 6.96. The van der Waals surface area contributed by atoms with Gasteiger partial charge in [0.1, 0.15) is 11.1 Å². The smallest absolute Gasteiger partial charge is 0.239 e. The molecule has 1 amide bonds. The number of anilines is 1. The highest BCUT2D eigenvalue weighted by Crippen LogP contribution is 2.39. The summed E-state index contributed by atoms with van der Waals surface area (Å²) in [7, 11) is 2.11. The van der Waals surface area contributed by atoms with Crippen LogP contribution in [0.4, 0.5) is 5.00 Å². The summed E-state index contributed by atoms with van der Waals surface area (Å²) in [4.78, 5) is 18.2. The van der Waals surface area contributed by atoms with Crippen molar-refractivity contribution in [3.63, 3.8) is 0 Å². The lowest BCUT2D eigenvalue weighted by Gasteiger charge is -2.31. The van der Waals surface area contributed by atoms with Crippen LogP contribution in [0.2, 0.25) is 0 Å². The third-order valence-corrected chi connectivity index (χ3v) is 6.44. The molecule has 1 aromatic rings. The van der Waals surface area contributed by atoms with Crippen LogP contribution < -0.4 is 5.32 Å². The largest absolute Gasteiger partial charge is 0.315 e. The molecule has 24 heavy (non-hydrogen) atoms. The molecule has 0 radical (unpaired) electrons. The minimum absolute atomic E-state index is 0.00157. The Kier molecular flexibility index (Phi) is 5.54. The zero-order valence-electron chi connectivity index (χ0n) is 14.6. The van der Waals surface area contributed by atoms with Gasteiger partial charge in [-0.15, -0.1) is 11.3 Å². The first-order chi connectivity index (χ1) is 11.6. The van der Waals surface area contributed by atoms with E-state index in [-0.39, 0.29) is 5.91 Å². The summed E-state index contributed by atoms with van der Waals surface area (Å²) in [5.41, 5.74) is 1.89. The van der Waals surface area contributed by atoms with Crippen LogP contribution in [0.15, 0.2) is 0 Å². The summed E-state index contributed by atoms with van der Waals surface area (Å²) in [6, 6.07) is 2.33. The molecule has 130 valence electrons. The Morgan fingerprint density at radius 2 is 2.12 bits per heavy atom. The van der Waals surface area contributed by atoms with E-state index < -0.39 is 0 Å². The normalized spacial score (nSPS) is 22.0. The lowest BCUT2D eigenvalue weighted by atomic mass is 9.86. The molecular weight excluding hydrogens is 320 g/mol. The van der Waals surface area contributed by atoms with E-state index in [9.17, 15) is 10.1 Å². The van der Waals surface area contributed by atoms with Crippen LogP contribution in [-0.2, 0) is 17.6 Å². The van der Waals surface area contributed by atoms with Crippen LogP contribution in [0.1, 0.15) is 35.8 Å². The number of likely N-dealkylation sites (N-methyl/N-ethyl adjacent to an activating group) is 1. The van der Waals surface area contributed by atoms with E-state index in [1.807, 2.05) is 0 Å². The third kappa shape index (κ3) is 3.80. The zero-order valence-corrected chi connectivity index (χ0v) is 15.4. The first-order valence-electron chi connectivity index (χ1n) is 8.86. The summed E-state index contributed by atoms with van der Waals surface area (Å²) in [6.07, 6.45) is 4.37. The lowest BCUT2D eigenvalue weighted by molar-refractivity contribution is -0.117. The summed E-state index contributed by atoms with van der Waals surface area (Å²) in [5, 5.41) is 13.3. The molecule has 2 aliphatic rings. The molecule has 0 unspecified atom stereocenters. The highest BCUT2D eigenvalue weighted by Gasteiger charge is 2.26. The number of hydrogen-bond acceptors (Lipinski definition) is 5. The number of nitrogens with zero attached hydrogens (tertiary/aromatic N) is 3. The SMILES string of the molecule is CC[C@@H]1CCc2c(sc(NC(=O)CN3CCN(C)CC3)c2C#N)C1. The summed E-state index contributed by atoms with van der Waals surface area (Å²) < 4.78 is 0. The Morgan fingerprint density at radius 3 is 2.79 bits per heavy atom. The van der Waals surface area contributed by atoms with Gasteiger partial charge >= 0.3 is 0 Å². The van der Waals surface area contributed by atoms with Gasteiger partial charge in [-0.1, -0.05) is 13.3 Å². The monoisotopic (exact) mass is 346 g/mol. The summed E-state index contributed by atoms with van der Waals surface area (Å²) in [6.45, 7) is 6.50. The Bertz CT molecular complexity index is 640. The standard InChI is InChI=1S/C18H26N4OS/c1-3-13-4-5-14-15(11-19)18(24-16(14)10-13)20-17(23)12-22-8-6-21(2)7-9-22/h13H,3-10,12H2,1-2H3,(H,20,23)/t13-/m1/s1. The summed E-state index contributed by atoms with van der Waals surface area (Å²) >= 11 is 1.62. The topological polar surface area (TPSA) is 59.4 Å². The van der Waals surface area contributed by atoms with Gasteiger partial charge in [-0.2, -0.15) is 5.26 Å². The van der Waals surface area contributed by atoms with Crippen LogP contribution in [0, 0.1) is 17.2 Å². The molecule has 5 nitrogen and oxygen atoms in total. The van der Waals surface area contributed by atoms with Crippen molar-refractivity contribution in [3.8, 4) is 6.07 Å². The van der Waals surface area contributed by atoms with Crippen LogP contribution in [0.5, 0.6) is 0 Å². The first kappa shape index (κ1) is 17.4. The predicted molar refractivity (Wildman–Crippen MR) is 97.4 cm³/mol. The maximum Gasteiger partial charge on any atom is 0.239 e. The van der Waals surface area contributed by atoms with Crippen molar-refractivity contribution in [2.45, 2.75) is 32.6 Å². The molecule has 0 aromatic carbocycles. The van der Waals surface area contributed by atoms with Gasteiger partial charge in [0.05, 0.1) is 12.1 Å². The maximum absolute atomic E-state index is 12.4.